The van der Waals surface area contributed by atoms with Crippen LogP contribution < -0.4 is 10.2 Å². The number of carboxylic acid groups (broad SMARTS) is 1. The molecule has 3 rings (SSSR count). The first-order valence-electron chi connectivity index (χ1n) is 7.57. The molecule has 0 bridgehead atoms. The van der Waals surface area contributed by atoms with Crippen molar-refractivity contribution in [1.29, 1.82) is 0 Å². The molecule has 1 aromatic heterocycles. The number of hydrogen-bond donors (Lipinski definition) is 2. The number of pyridine rings is 1. The number of aromatic nitrogens is 1. The van der Waals surface area contributed by atoms with Gasteiger partial charge in [-0.15, -0.1) is 0 Å². The molecule has 3 amide bonds. The van der Waals surface area contributed by atoms with Gasteiger partial charge in [-0.05, 0) is 18.1 Å². The summed E-state index contributed by atoms with van der Waals surface area (Å²) in [6.45, 7) is 2.09. The van der Waals surface area contributed by atoms with Crippen LogP contribution in [0.2, 0.25) is 0 Å². The van der Waals surface area contributed by atoms with Gasteiger partial charge in [0.2, 0.25) is 11.8 Å². The zero-order valence-electron chi connectivity index (χ0n) is 12.6. The summed E-state index contributed by atoms with van der Waals surface area (Å²) in [5.41, 5.74) is 0.794. The van der Waals surface area contributed by atoms with E-state index in [1.807, 2.05) is 17.0 Å². The Hall–Kier alpha value is -2.64. The van der Waals surface area contributed by atoms with Crippen LogP contribution in [0.15, 0.2) is 18.3 Å². The minimum atomic E-state index is -0.897. The fourth-order valence-corrected chi connectivity index (χ4v) is 2.93. The van der Waals surface area contributed by atoms with Crippen molar-refractivity contribution in [3.05, 3.63) is 23.9 Å². The van der Waals surface area contributed by atoms with E-state index in [1.54, 1.807) is 6.20 Å². The molecule has 122 valence electrons. The van der Waals surface area contributed by atoms with Crippen LogP contribution in [0.3, 0.4) is 0 Å². The summed E-state index contributed by atoms with van der Waals surface area (Å²) < 4.78 is 0. The highest BCUT2D eigenvalue weighted by Gasteiger charge is 2.28. The molecule has 2 aliphatic rings. The monoisotopic (exact) mass is 318 g/mol. The first kappa shape index (κ1) is 15.3. The summed E-state index contributed by atoms with van der Waals surface area (Å²) >= 11 is 0. The average molecular weight is 318 g/mol. The normalized spacial score (nSPS) is 22.0. The van der Waals surface area contributed by atoms with Gasteiger partial charge in [-0.2, -0.15) is 0 Å². The third-order valence-corrected chi connectivity index (χ3v) is 4.29. The van der Waals surface area contributed by atoms with Gasteiger partial charge in [0.05, 0.1) is 5.92 Å². The van der Waals surface area contributed by atoms with Crippen molar-refractivity contribution in [2.45, 2.75) is 18.8 Å². The first-order valence-corrected chi connectivity index (χ1v) is 7.57. The number of amides is 3. The number of piperidine rings is 1. The number of rotatable bonds is 2. The van der Waals surface area contributed by atoms with Crippen LogP contribution in [-0.2, 0) is 9.59 Å². The van der Waals surface area contributed by atoms with Gasteiger partial charge in [0.25, 0.3) is 0 Å². The molecule has 1 aromatic rings. The molecule has 2 aliphatic heterocycles. The van der Waals surface area contributed by atoms with E-state index in [2.05, 4.69) is 10.3 Å². The fraction of sp³-hybridized carbons (Fsp3) is 0.467. The minimum Gasteiger partial charge on any atom is -0.465 e. The molecule has 0 spiro atoms. The van der Waals surface area contributed by atoms with Crippen molar-refractivity contribution in [3.63, 3.8) is 0 Å². The number of nitrogens with zero attached hydrogens (tertiary/aromatic N) is 3. The number of anilines is 1. The van der Waals surface area contributed by atoms with E-state index < -0.39 is 6.09 Å². The van der Waals surface area contributed by atoms with Gasteiger partial charge in [-0.1, -0.05) is 6.07 Å². The molecule has 8 heteroatoms. The molecule has 23 heavy (non-hydrogen) atoms. The maximum atomic E-state index is 11.9. The lowest BCUT2D eigenvalue weighted by Gasteiger charge is -2.34. The Balaban J connectivity index is 1.65. The molecule has 1 unspecified atom stereocenters. The summed E-state index contributed by atoms with van der Waals surface area (Å²) in [5, 5.41) is 11.3. The van der Waals surface area contributed by atoms with Gasteiger partial charge < -0.3 is 14.9 Å². The standard InChI is InChI=1S/C15H18N4O4/c20-13-4-2-11(14(21)17-13)10-1-3-12(16-9-10)18-5-7-19(8-6-18)15(22)23/h1,3,9,11H,2,4-8H2,(H,22,23)(H,17,20,21). The zero-order chi connectivity index (χ0) is 16.4. The molecule has 0 radical (unpaired) electrons. The van der Waals surface area contributed by atoms with Crippen LogP contribution in [0.25, 0.3) is 0 Å². The molecule has 2 saturated heterocycles. The van der Waals surface area contributed by atoms with E-state index >= 15 is 0 Å². The predicted octanol–water partition coefficient (Wildman–Crippen LogP) is 0.402. The van der Waals surface area contributed by atoms with Gasteiger partial charge >= 0.3 is 6.09 Å². The second-order valence-electron chi connectivity index (χ2n) is 5.71. The predicted molar refractivity (Wildman–Crippen MR) is 81.2 cm³/mol. The molecule has 0 aliphatic carbocycles. The highest BCUT2D eigenvalue weighted by molar-refractivity contribution is 6.00. The number of imide groups is 1. The lowest BCUT2D eigenvalue weighted by Crippen LogP contribution is -2.48. The maximum absolute atomic E-state index is 11.9. The van der Waals surface area contributed by atoms with Gasteiger partial charge in [-0.25, -0.2) is 9.78 Å². The van der Waals surface area contributed by atoms with Crippen molar-refractivity contribution in [2.24, 2.45) is 0 Å². The first-order chi connectivity index (χ1) is 11.0. The highest BCUT2D eigenvalue weighted by Crippen LogP contribution is 2.25. The Labute approximate surface area is 133 Å². The molecular weight excluding hydrogens is 300 g/mol. The number of nitrogens with one attached hydrogen (secondary N) is 1. The molecule has 0 saturated carbocycles. The van der Waals surface area contributed by atoms with Crippen LogP contribution in [0.4, 0.5) is 10.6 Å². The number of hydrogen-bond acceptors (Lipinski definition) is 5. The van der Waals surface area contributed by atoms with E-state index in [9.17, 15) is 14.4 Å². The third kappa shape index (κ3) is 3.25. The quantitative estimate of drug-likeness (QED) is 0.765. The lowest BCUT2D eigenvalue weighted by molar-refractivity contribution is -0.134. The van der Waals surface area contributed by atoms with Crippen molar-refractivity contribution in [2.75, 3.05) is 31.1 Å². The van der Waals surface area contributed by atoms with E-state index in [-0.39, 0.29) is 17.7 Å². The smallest absolute Gasteiger partial charge is 0.407 e. The SMILES string of the molecule is O=C1CCC(c2ccc(N3CCN(C(=O)O)CC3)nc2)C(=O)N1. The zero-order valence-corrected chi connectivity index (χ0v) is 12.6. The Morgan fingerprint density at radius 3 is 2.52 bits per heavy atom. The number of piperazine rings is 1. The Morgan fingerprint density at radius 1 is 1.22 bits per heavy atom. The number of carbonyl (C=O) groups is 3. The van der Waals surface area contributed by atoms with Gasteiger partial charge in [0, 0.05) is 38.8 Å². The highest BCUT2D eigenvalue weighted by atomic mass is 16.4. The second kappa shape index (κ2) is 6.23. The van der Waals surface area contributed by atoms with Gasteiger partial charge in [0.15, 0.2) is 0 Å². The van der Waals surface area contributed by atoms with Crippen LogP contribution in [-0.4, -0.2) is 59.1 Å². The molecule has 2 fully saturated rings. The lowest BCUT2D eigenvalue weighted by atomic mass is 9.92. The molecule has 8 nitrogen and oxygen atoms in total. The van der Waals surface area contributed by atoms with Crippen molar-refractivity contribution < 1.29 is 19.5 Å². The van der Waals surface area contributed by atoms with Crippen LogP contribution in [0.5, 0.6) is 0 Å². The topological polar surface area (TPSA) is 103 Å². The van der Waals surface area contributed by atoms with E-state index in [0.717, 1.165) is 11.4 Å². The van der Waals surface area contributed by atoms with E-state index in [1.165, 1.54) is 4.90 Å². The Kier molecular flexibility index (Phi) is 4.14. The molecule has 3 heterocycles. The van der Waals surface area contributed by atoms with E-state index in [4.69, 9.17) is 5.11 Å². The van der Waals surface area contributed by atoms with Crippen LogP contribution >= 0.6 is 0 Å². The molecular formula is C15H18N4O4. The molecule has 1 atom stereocenters. The third-order valence-electron chi connectivity index (χ3n) is 4.29. The summed E-state index contributed by atoms with van der Waals surface area (Å²) in [5.74, 6) is -0.0674. The summed E-state index contributed by atoms with van der Waals surface area (Å²) in [4.78, 5) is 41.7. The summed E-state index contributed by atoms with van der Waals surface area (Å²) in [7, 11) is 0. The minimum absolute atomic E-state index is 0.230. The average Bonchev–Trinajstić information content (AvgIpc) is 2.55. The second-order valence-corrected chi connectivity index (χ2v) is 5.71. The summed E-state index contributed by atoms with van der Waals surface area (Å²) in [6.07, 6.45) is 1.61. The van der Waals surface area contributed by atoms with Gasteiger partial charge in [-0.3, -0.25) is 14.9 Å². The van der Waals surface area contributed by atoms with Crippen LogP contribution in [0.1, 0.15) is 24.3 Å². The van der Waals surface area contributed by atoms with Crippen molar-refractivity contribution >= 4 is 23.7 Å². The maximum Gasteiger partial charge on any atom is 0.407 e. The van der Waals surface area contributed by atoms with Crippen molar-refractivity contribution in [1.82, 2.24) is 15.2 Å². The Morgan fingerprint density at radius 2 is 1.96 bits per heavy atom. The number of carbonyl (C=O) groups excluding carboxylic acids is 2. The Bertz CT molecular complexity index is 623. The summed E-state index contributed by atoms with van der Waals surface area (Å²) in [6, 6.07) is 3.70. The van der Waals surface area contributed by atoms with Crippen molar-refractivity contribution in [3.8, 4) is 0 Å². The van der Waals surface area contributed by atoms with Crippen LogP contribution in [0, 0.1) is 0 Å². The van der Waals surface area contributed by atoms with E-state index in [0.29, 0.717) is 39.0 Å². The molecule has 2 N–H and O–H groups in total. The van der Waals surface area contributed by atoms with Gasteiger partial charge in [0.1, 0.15) is 5.82 Å². The largest absolute Gasteiger partial charge is 0.465 e. The fourth-order valence-electron chi connectivity index (χ4n) is 2.93. The molecule has 0 aromatic carbocycles.